The van der Waals surface area contributed by atoms with Gasteiger partial charge in [0.05, 0.1) is 49.0 Å². The summed E-state index contributed by atoms with van der Waals surface area (Å²) in [5.41, 5.74) is 4.73. The Morgan fingerprint density at radius 1 is 0.600 bits per heavy atom. The van der Waals surface area contributed by atoms with Gasteiger partial charge in [-0.2, -0.15) is 0 Å². The molecule has 40 heavy (non-hydrogen) atoms. The number of fused-ring (bicyclic) bond motifs is 2. The first-order chi connectivity index (χ1) is 19.5. The van der Waals surface area contributed by atoms with E-state index in [9.17, 15) is 5.11 Å². The minimum Gasteiger partial charge on any atom is -0.508 e. The van der Waals surface area contributed by atoms with Crippen molar-refractivity contribution in [1.29, 1.82) is 0 Å². The Balaban J connectivity index is 0.000000161. The first-order valence-electron chi connectivity index (χ1n) is 12.5. The van der Waals surface area contributed by atoms with Crippen molar-refractivity contribution in [2.75, 3.05) is 24.9 Å². The summed E-state index contributed by atoms with van der Waals surface area (Å²) in [6.45, 7) is 2.08. The van der Waals surface area contributed by atoms with Gasteiger partial charge in [0.15, 0.2) is 0 Å². The van der Waals surface area contributed by atoms with Crippen LogP contribution in [-0.2, 0) is 0 Å². The summed E-state index contributed by atoms with van der Waals surface area (Å²) < 4.78 is 10.0. The second-order valence-electron chi connectivity index (χ2n) is 8.89. The Morgan fingerprint density at radius 3 is 1.62 bits per heavy atom. The third kappa shape index (κ3) is 6.51. The first kappa shape index (κ1) is 26.2. The van der Waals surface area contributed by atoms with Crippen molar-refractivity contribution in [3.8, 4) is 17.5 Å². The molecule has 0 aliphatic heterocycles. The quantitative estimate of drug-likeness (QED) is 0.214. The van der Waals surface area contributed by atoms with E-state index >= 15 is 0 Å². The van der Waals surface area contributed by atoms with Crippen LogP contribution in [0.25, 0.3) is 21.8 Å². The van der Waals surface area contributed by atoms with Crippen molar-refractivity contribution in [2.45, 2.75) is 6.92 Å². The molecule has 3 N–H and O–H groups in total. The van der Waals surface area contributed by atoms with Crippen molar-refractivity contribution < 1.29 is 14.6 Å². The van der Waals surface area contributed by atoms with Crippen LogP contribution in [0.4, 0.5) is 23.0 Å². The zero-order valence-corrected chi connectivity index (χ0v) is 22.3. The Labute approximate surface area is 231 Å². The molecule has 9 nitrogen and oxygen atoms in total. The van der Waals surface area contributed by atoms with Crippen molar-refractivity contribution in [3.63, 3.8) is 0 Å². The van der Waals surface area contributed by atoms with Crippen LogP contribution < -0.4 is 20.1 Å². The third-order valence-corrected chi connectivity index (χ3v) is 5.95. The number of ether oxygens (including phenoxy) is 2. The van der Waals surface area contributed by atoms with Gasteiger partial charge in [-0.1, -0.05) is 11.6 Å². The van der Waals surface area contributed by atoms with Crippen molar-refractivity contribution >= 4 is 44.8 Å². The maximum atomic E-state index is 9.42. The standard InChI is InChI=1S/C16H15N3O.C15H13N3O2/c1-11-3-6-14-12(9-11)4-7-15(19-14)18-13-5-8-16(20-2)17-10-13;1-20-15-7-3-11(9-16-15)17-14-6-2-10-8-12(19)4-5-13(10)18-14/h3-10H,1-2H3,(H,18,19);2-9,19H,1H3,(H,17,18). The molecule has 4 heterocycles. The number of phenols is 1. The topological polar surface area (TPSA) is 114 Å². The zero-order valence-electron chi connectivity index (χ0n) is 22.3. The summed E-state index contributed by atoms with van der Waals surface area (Å²) in [5.74, 6) is 2.91. The van der Waals surface area contributed by atoms with Crippen LogP contribution in [0.3, 0.4) is 0 Å². The van der Waals surface area contributed by atoms with E-state index in [0.29, 0.717) is 11.8 Å². The fraction of sp³-hybridized carbons (Fsp3) is 0.0968. The highest BCUT2D eigenvalue weighted by atomic mass is 16.5. The summed E-state index contributed by atoms with van der Waals surface area (Å²) >= 11 is 0. The summed E-state index contributed by atoms with van der Waals surface area (Å²) in [6.07, 6.45) is 3.40. The highest BCUT2D eigenvalue weighted by molar-refractivity contribution is 5.82. The smallest absolute Gasteiger partial charge is 0.213 e. The van der Waals surface area contributed by atoms with Gasteiger partial charge in [0, 0.05) is 22.9 Å². The average Bonchev–Trinajstić information content (AvgIpc) is 2.98. The molecule has 6 rings (SSSR count). The number of benzene rings is 2. The Bertz CT molecular complexity index is 1610. The highest BCUT2D eigenvalue weighted by Gasteiger charge is 2.02. The number of aromatic hydroxyl groups is 1. The molecule has 0 amide bonds. The lowest BCUT2D eigenvalue weighted by Gasteiger charge is -2.07. The number of hydrogen-bond donors (Lipinski definition) is 3. The van der Waals surface area contributed by atoms with Gasteiger partial charge in [0.1, 0.15) is 17.4 Å². The van der Waals surface area contributed by atoms with Gasteiger partial charge in [-0.05, 0) is 73.7 Å². The van der Waals surface area contributed by atoms with Gasteiger partial charge >= 0.3 is 0 Å². The Hall–Kier alpha value is -5.44. The van der Waals surface area contributed by atoms with E-state index in [0.717, 1.165) is 44.8 Å². The molecule has 0 radical (unpaired) electrons. The molecule has 0 saturated carbocycles. The fourth-order valence-corrected chi connectivity index (χ4v) is 3.94. The number of rotatable bonds is 6. The molecule has 0 saturated heterocycles. The second-order valence-corrected chi connectivity index (χ2v) is 8.89. The molecule has 9 heteroatoms. The molecule has 0 spiro atoms. The SMILES string of the molecule is COc1ccc(Nc2ccc3cc(C)ccc3n2)cn1.COc1ccc(Nc2ccc3cc(O)ccc3n2)cn1. The molecule has 0 bridgehead atoms. The van der Waals surface area contributed by atoms with Gasteiger partial charge in [-0.3, -0.25) is 0 Å². The molecule has 0 atom stereocenters. The monoisotopic (exact) mass is 532 g/mol. The van der Waals surface area contributed by atoms with Crippen LogP contribution in [-0.4, -0.2) is 39.3 Å². The summed E-state index contributed by atoms with van der Waals surface area (Å²) in [5, 5.41) is 17.9. The number of pyridine rings is 4. The van der Waals surface area contributed by atoms with Crippen LogP contribution in [0.15, 0.2) is 97.3 Å². The molecule has 0 aliphatic carbocycles. The molecule has 200 valence electrons. The highest BCUT2D eigenvalue weighted by Crippen LogP contribution is 2.23. The summed E-state index contributed by atoms with van der Waals surface area (Å²) in [7, 11) is 3.18. The number of nitrogens with zero attached hydrogens (tertiary/aromatic N) is 4. The number of phenolic OH excluding ortho intramolecular Hbond substituents is 1. The zero-order chi connectivity index (χ0) is 27.9. The molecular weight excluding hydrogens is 504 g/mol. The molecular formula is C31H28N6O3. The minimum absolute atomic E-state index is 0.236. The second kappa shape index (κ2) is 12.0. The number of aryl methyl sites for hydroxylation is 1. The van der Waals surface area contributed by atoms with E-state index in [-0.39, 0.29) is 5.75 Å². The summed E-state index contributed by atoms with van der Waals surface area (Å²) in [6, 6.07) is 26.5. The number of nitrogens with one attached hydrogen (secondary N) is 2. The van der Waals surface area contributed by atoms with Crippen LogP contribution >= 0.6 is 0 Å². The van der Waals surface area contributed by atoms with Gasteiger partial charge in [0.2, 0.25) is 11.8 Å². The normalized spacial score (nSPS) is 10.5. The maximum absolute atomic E-state index is 9.42. The maximum Gasteiger partial charge on any atom is 0.213 e. The van der Waals surface area contributed by atoms with Gasteiger partial charge in [-0.15, -0.1) is 0 Å². The molecule has 0 unspecified atom stereocenters. The largest absolute Gasteiger partial charge is 0.508 e. The van der Waals surface area contributed by atoms with Crippen LogP contribution in [0.2, 0.25) is 0 Å². The fourth-order valence-electron chi connectivity index (χ4n) is 3.94. The van der Waals surface area contributed by atoms with E-state index < -0.39 is 0 Å². The lowest BCUT2D eigenvalue weighted by Crippen LogP contribution is -1.95. The Kier molecular flexibility index (Phi) is 7.82. The number of methoxy groups -OCH3 is 2. The Morgan fingerprint density at radius 2 is 1.12 bits per heavy atom. The molecule has 2 aromatic carbocycles. The molecule has 0 aliphatic rings. The van der Waals surface area contributed by atoms with Crippen molar-refractivity contribution in [3.05, 3.63) is 103 Å². The van der Waals surface area contributed by atoms with E-state index in [1.165, 1.54) is 5.56 Å². The van der Waals surface area contributed by atoms with E-state index in [2.05, 4.69) is 55.7 Å². The van der Waals surface area contributed by atoms with E-state index in [4.69, 9.17) is 9.47 Å². The molecule has 0 fully saturated rings. The van der Waals surface area contributed by atoms with E-state index in [1.807, 2.05) is 42.5 Å². The average molecular weight is 533 g/mol. The minimum atomic E-state index is 0.236. The van der Waals surface area contributed by atoms with Crippen LogP contribution in [0.1, 0.15) is 5.56 Å². The van der Waals surface area contributed by atoms with Crippen molar-refractivity contribution in [1.82, 2.24) is 19.9 Å². The number of hydrogen-bond acceptors (Lipinski definition) is 9. The predicted octanol–water partition coefficient (Wildman–Crippen LogP) is 6.78. The first-order valence-corrected chi connectivity index (χ1v) is 12.5. The lowest BCUT2D eigenvalue weighted by atomic mass is 10.1. The van der Waals surface area contributed by atoms with Crippen molar-refractivity contribution in [2.24, 2.45) is 0 Å². The molecule has 4 aromatic heterocycles. The van der Waals surface area contributed by atoms with Crippen LogP contribution in [0.5, 0.6) is 17.5 Å². The lowest BCUT2D eigenvalue weighted by molar-refractivity contribution is 0.398. The third-order valence-electron chi connectivity index (χ3n) is 5.95. The van der Waals surface area contributed by atoms with E-state index in [1.54, 1.807) is 50.9 Å². The number of anilines is 4. The van der Waals surface area contributed by atoms with Gasteiger partial charge in [0.25, 0.3) is 0 Å². The summed E-state index contributed by atoms with van der Waals surface area (Å²) in [4.78, 5) is 17.3. The van der Waals surface area contributed by atoms with Crippen LogP contribution in [0, 0.1) is 6.92 Å². The predicted molar refractivity (Wildman–Crippen MR) is 158 cm³/mol. The van der Waals surface area contributed by atoms with Gasteiger partial charge in [-0.25, -0.2) is 19.9 Å². The molecule has 6 aromatic rings. The number of aromatic nitrogens is 4. The van der Waals surface area contributed by atoms with Gasteiger partial charge < -0.3 is 25.2 Å².